The van der Waals surface area contributed by atoms with Crippen LogP contribution < -0.4 is 5.32 Å². The van der Waals surface area contributed by atoms with Gasteiger partial charge in [-0.05, 0) is 49.4 Å². The lowest BCUT2D eigenvalue weighted by Crippen LogP contribution is -2.49. The Labute approximate surface area is 148 Å². The smallest absolute Gasteiger partial charge is 0.157 e. The molecular weight excluding hydrogens is 310 g/mol. The van der Waals surface area contributed by atoms with Gasteiger partial charge in [-0.25, -0.2) is 0 Å². The number of carbonyl (C=O) groups is 1. The van der Waals surface area contributed by atoms with Crippen LogP contribution in [0.5, 0.6) is 0 Å². The van der Waals surface area contributed by atoms with E-state index in [1.165, 1.54) is 28.5 Å². The van der Waals surface area contributed by atoms with Gasteiger partial charge in [-0.15, -0.1) is 0 Å². The molecule has 25 heavy (non-hydrogen) atoms. The molecule has 0 saturated carbocycles. The van der Waals surface area contributed by atoms with Crippen molar-refractivity contribution in [1.82, 2.24) is 15.2 Å². The Bertz CT molecular complexity index is 865. The maximum Gasteiger partial charge on any atom is 0.157 e. The number of nitrogens with one attached hydrogen (secondary N) is 2. The molecule has 1 aliphatic heterocycles. The first kappa shape index (κ1) is 15.2. The molecule has 2 heterocycles. The fraction of sp³-hybridized carbons (Fsp3) is 0.476. The first-order valence-electron chi connectivity index (χ1n) is 9.45. The quantitative estimate of drug-likeness (QED) is 0.907. The Morgan fingerprint density at radius 3 is 3.08 bits per heavy atom. The molecule has 5 rings (SSSR count). The summed E-state index contributed by atoms with van der Waals surface area (Å²) in [4.78, 5) is 17.4. The van der Waals surface area contributed by atoms with E-state index in [0.29, 0.717) is 24.3 Å². The molecule has 0 bridgehead atoms. The van der Waals surface area contributed by atoms with Crippen molar-refractivity contribution in [3.05, 3.63) is 47.3 Å². The third kappa shape index (κ3) is 2.51. The number of allylic oxidation sites excluding steroid dienone is 2. The lowest BCUT2D eigenvalue weighted by Gasteiger charge is -2.45. The third-order valence-electron chi connectivity index (χ3n) is 6.41. The first-order valence-corrected chi connectivity index (χ1v) is 9.45. The highest BCUT2D eigenvalue weighted by Gasteiger charge is 2.39. The molecule has 2 aliphatic carbocycles. The van der Waals surface area contributed by atoms with Crippen LogP contribution in [0.3, 0.4) is 0 Å². The SMILES string of the molecule is CN1CC(CNC2=CC(=O)CC2)CC2c3cccc4[nH]cc(c34)C[C@H]21. The molecule has 0 amide bonds. The molecule has 0 spiro atoms. The molecule has 1 saturated heterocycles. The zero-order chi connectivity index (χ0) is 17.0. The summed E-state index contributed by atoms with van der Waals surface area (Å²) in [5.41, 5.74) is 5.42. The van der Waals surface area contributed by atoms with E-state index in [0.717, 1.165) is 31.6 Å². The number of aromatic nitrogens is 1. The molecule has 130 valence electrons. The van der Waals surface area contributed by atoms with Crippen LogP contribution in [0.1, 0.15) is 36.3 Å². The lowest BCUT2D eigenvalue weighted by atomic mass is 9.72. The second kappa shape index (κ2) is 5.73. The topological polar surface area (TPSA) is 48.1 Å². The highest BCUT2D eigenvalue weighted by Crippen LogP contribution is 2.44. The molecule has 2 aromatic rings. The number of likely N-dealkylation sites (N-methyl/N-ethyl adjacent to an activating group) is 1. The van der Waals surface area contributed by atoms with Crippen molar-refractivity contribution >= 4 is 16.7 Å². The molecule has 1 aromatic carbocycles. The van der Waals surface area contributed by atoms with Crippen LogP contribution in [0.2, 0.25) is 0 Å². The Balaban J connectivity index is 1.39. The maximum absolute atomic E-state index is 11.4. The first-order chi connectivity index (χ1) is 12.2. The number of aromatic amines is 1. The number of piperidine rings is 1. The monoisotopic (exact) mass is 335 g/mol. The van der Waals surface area contributed by atoms with Gasteiger partial charge in [0.25, 0.3) is 0 Å². The van der Waals surface area contributed by atoms with Gasteiger partial charge in [0.15, 0.2) is 5.78 Å². The molecule has 3 atom stereocenters. The predicted molar refractivity (Wildman–Crippen MR) is 99.6 cm³/mol. The van der Waals surface area contributed by atoms with E-state index >= 15 is 0 Å². The number of ketones is 1. The predicted octanol–water partition coefficient (Wildman–Crippen LogP) is 2.96. The number of fused-ring (bicyclic) bond motifs is 2. The number of hydrogen-bond donors (Lipinski definition) is 2. The fourth-order valence-corrected chi connectivity index (χ4v) is 5.21. The van der Waals surface area contributed by atoms with Crippen LogP contribution in [0.25, 0.3) is 10.9 Å². The molecule has 1 fully saturated rings. The molecule has 4 nitrogen and oxygen atoms in total. The molecule has 1 aromatic heterocycles. The summed E-state index contributed by atoms with van der Waals surface area (Å²) < 4.78 is 0. The maximum atomic E-state index is 11.4. The minimum atomic E-state index is 0.266. The van der Waals surface area contributed by atoms with Crippen molar-refractivity contribution in [3.63, 3.8) is 0 Å². The average Bonchev–Trinajstić information content (AvgIpc) is 3.21. The molecule has 0 radical (unpaired) electrons. The van der Waals surface area contributed by atoms with Gasteiger partial charge in [-0.3, -0.25) is 4.79 Å². The van der Waals surface area contributed by atoms with E-state index in [2.05, 4.69) is 46.6 Å². The van der Waals surface area contributed by atoms with Crippen molar-refractivity contribution < 1.29 is 4.79 Å². The van der Waals surface area contributed by atoms with Gasteiger partial charge in [-0.1, -0.05) is 12.1 Å². The van der Waals surface area contributed by atoms with E-state index in [9.17, 15) is 4.79 Å². The lowest BCUT2D eigenvalue weighted by molar-refractivity contribution is -0.114. The van der Waals surface area contributed by atoms with E-state index in [1.807, 2.05) is 0 Å². The molecule has 4 heteroatoms. The van der Waals surface area contributed by atoms with Crippen LogP contribution in [0.15, 0.2) is 36.2 Å². The van der Waals surface area contributed by atoms with Crippen LogP contribution in [0, 0.1) is 5.92 Å². The highest BCUT2D eigenvalue weighted by atomic mass is 16.1. The fourth-order valence-electron chi connectivity index (χ4n) is 5.21. The van der Waals surface area contributed by atoms with E-state index in [-0.39, 0.29) is 5.78 Å². The van der Waals surface area contributed by atoms with Gasteiger partial charge in [-0.2, -0.15) is 0 Å². The van der Waals surface area contributed by atoms with Crippen LogP contribution in [0.4, 0.5) is 0 Å². The Kier molecular flexibility index (Phi) is 3.49. The number of likely N-dealkylation sites (tertiary alicyclic amines) is 1. The van der Waals surface area contributed by atoms with Gasteiger partial charge in [0.05, 0.1) is 0 Å². The normalized spacial score (nSPS) is 28.9. The number of carbonyl (C=O) groups excluding carboxylic acids is 1. The van der Waals surface area contributed by atoms with Crippen molar-refractivity contribution in [1.29, 1.82) is 0 Å². The van der Waals surface area contributed by atoms with Gasteiger partial charge < -0.3 is 15.2 Å². The Morgan fingerprint density at radius 2 is 2.24 bits per heavy atom. The minimum absolute atomic E-state index is 0.266. The Hall–Kier alpha value is -2.07. The number of rotatable bonds is 3. The average molecular weight is 335 g/mol. The zero-order valence-corrected chi connectivity index (χ0v) is 14.7. The van der Waals surface area contributed by atoms with Gasteiger partial charge in [0, 0.05) is 60.3 Å². The molecule has 3 aliphatic rings. The summed E-state index contributed by atoms with van der Waals surface area (Å²) in [5, 5.41) is 5.01. The van der Waals surface area contributed by atoms with Crippen LogP contribution in [-0.2, 0) is 11.2 Å². The molecule has 2 N–H and O–H groups in total. The van der Waals surface area contributed by atoms with Crippen LogP contribution in [-0.4, -0.2) is 41.8 Å². The Morgan fingerprint density at radius 1 is 1.32 bits per heavy atom. The standard InChI is InChI=1S/C21H25N3O/c1-24-12-13(10-22-15-5-6-16(25)9-15)7-18-17-3-2-4-19-21(17)14(11-23-19)8-20(18)24/h2-4,9,11,13,18,20,22-23H,5-8,10,12H2,1H3/t13?,18?,20-/m1/s1. The number of H-pyrrole nitrogens is 1. The highest BCUT2D eigenvalue weighted by molar-refractivity contribution is 5.92. The third-order valence-corrected chi connectivity index (χ3v) is 6.41. The summed E-state index contributed by atoms with van der Waals surface area (Å²) >= 11 is 0. The van der Waals surface area contributed by atoms with Gasteiger partial charge >= 0.3 is 0 Å². The summed E-state index contributed by atoms with van der Waals surface area (Å²) in [6, 6.07) is 7.32. The molecular formula is C21H25N3O. The number of benzene rings is 1. The van der Waals surface area contributed by atoms with Gasteiger partial charge in [0.1, 0.15) is 0 Å². The van der Waals surface area contributed by atoms with Crippen LogP contribution >= 0.6 is 0 Å². The second-order valence-corrected chi connectivity index (χ2v) is 8.02. The molecule has 2 unspecified atom stereocenters. The van der Waals surface area contributed by atoms with E-state index in [4.69, 9.17) is 0 Å². The second-order valence-electron chi connectivity index (χ2n) is 8.02. The summed E-state index contributed by atoms with van der Waals surface area (Å²) in [6.07, 6.45) is 7.94. The van der Waals surface area contributed by atoms with Crippen molar-refractivity contribution in [2.75, 3.05) is 20.1 Å². The van der Waals surface area contributed by atoms with Crippen molar-refractivity contribution in [2.24, 2.45) is 5.92 Å². The van der Waals surface area contributed by atoms with E-state index in [1.54, 1.807) is 6.08 Å². The van der Waals surface area contributed by atoms with E-state index < -0.39 is 0 Å². The number of hydrogen-bond acceptors (Lipinski definition) is 3. The minimum Gasteiger partial charge on any atom is -0.388 e. The summed E-state index contributed by atoms with van der Waals surface area (Å²) in [5.74, 6) is 1.50. The summed E-state index contributed by atoms with van der Waals surface area (Å²) in [6.45, 7) is 2.10. The summed E-state index contributed by atoms with van der Waals surface area (Å²) in [7, 11) is 2.28. The number of nitrogens with zero attached hydrogens (tertiary/aromatic N) is 1. The zero-order valence-electron chi connectivity index (χ0n) is 14.7. The van der Waals surface area contributed by atoms with Gasteiger partial charge in [0.2, 0.25) is 0 Å². The van der Waals surface area contributed by atoms with Crippen molar-refractivity contribution in [2.45, 2.75) is 37.6 Å². The van der Waals surface area contributed by atoms with Crippen molar-refractivity contribution in [3.8, 4) is 0 Å². The largest absolute Gasteiger partial charge is 0.388 e.